The first-order valence-corrected chi connectivity index (χ1v) is 9.12. The normalized spacial score (nSPS) is 22.1. The predicted octanol–water partition coefficient (Wildman–Crippen LogP) is 4.73. The Morgan fingerprint density at radius 1 is 1.14 bits per heavy atom. The van der Waals surface area contributed by atoms with E-state index in [0.29, 0.717) is 18.0 Å². The van der Waals surface area contributed by atoms with E-state index in [2.05, 4.69) is 17.5 Å². The average molecular weight is 381 g/mol. The molecule has 4 rings (SSSR count). The number of nitro benzene ring substituents is 2. The Kier molecular flexibility index (Phi) is 4.46. The molecule has 0 amide bonds. The Morgan fingerprint density at radius 3 is 2.54 bits per heavy atom. The zero-order valence-corrected chi connectivity index (χ0v) is 15.2. The topological polar surface area (TPSA) is 108 Å². The van der Waals surface area contributed by atoms with E-state index in [9.17, 15) is 20.2 Å². The van der Waals surface area contributed by atoms with Crippen molar-refractivity contribution in [2.24, 2.45) is 5.92 Å². The van der Waals surface area contributed by atoms with Crippen LogP contribution < -0.4 is 10.1 Å². The molecular weight excluding hydrogens is 362 g/mol. The summed E-state index contributed by atoms with van der Waals surface area (Å²) >= 11 is 0. The highest BCUT2D eigenvalue weighted by atomic mass is 16.6. The number of fused-ring (bicyclic) bond motifs is 3. The molecule has 3 atom stereocenters. The summed E-state index contributed by atoms with van der Waals surface area (Å²) in [6.07, 6.45) is 5.00. The highest BCUT2D eigenvalue weighted by Gasteiger charge is 2.41. The van der Waals surface area contributed by atoms with Gasteiger partial charge in [-0.05, 0) is 36.5 Å². The summed E-state index contributed by atoms with van der Waals surface area (Å²) in [4.78, 5) is 21.8. The van der Waals surface area contributed by atoms with Crippen molar-refractivity contribution in [1.82, 2.24) is 0 Å². The van der Waals surface area contributed by atoms with Gasteiger partial charge >= 0.3 is 0 Å². The van der Waals surface area contributed by atoms with Gasteiger partial charge in [-0.15, -0.1) is 0 Å². The Hall–Kier alpha value is -3.42. The molecule has 0 radical (unpaired) electrons. The fourth-order valence-electron chi connectivity index (χ4n) is 4.18. The summed E-state index contributed by atoms with van der Waals surface area (Å²) in [7, 11) is 0. The standard InChI is InChI=1S/C20H19N3O5/c1-2-28-14-10-17-15-4-3-5-16(15)19(21-20(17)18(11-14)23(26)27)12-6-8-13(9-7-12)22(24)25/h3-4,6-11,15-16,19,21H,2,5H2,1H3/t15-,16+,19-/m1/s1. The highest BCUT2D eigenvalue weighted by molar-refractivity contribution is 5.73. The number of non-ortho nitro benzene ring substituents is 1. The molecule has 1 aliphatic heterocycles. The minimum absolute atomic E-state index is 0.0217. The van der Waals surface area contributed by atoms with Gasteiger partial charge in [-0.3, -0.25) is 20.2 Å². The molecule has 28 heavy (non-hydrogen) atoms. The monoisotopic (exact) mass is 381 g/mol. The van der Waals surface area contributed by atoms with Crippen LogP contribution in [-0.4, -0.2) is 16.5 Å². The summed E-state index contributed by atoms with van der Waals surface area (Å²) in [5.74, 6) is 0.684. The van der Waals surface area contributed by atoms with Crippen molar-refractivity contribution in [2.45, 2.75) is 25.3 Å². The van der Waals surface area contributed by atoms with Crippen LogP contribution in [0.25, 0.3) is 0 Å². The summed E-state index contributed by atoms with van der Waals surface area (Å²) < 4.78 is 5.54. The summed E-state index contributed by atoms with van der Waals surface area (Å²) in [5, 5.41) is 26.0. The number of nitro groups is 2. The van der Waals surface area contributed by atoms with Crippen molar-refractivity contribution in [3.05, 3.63) is 79.9 Å². The lowest BCUT2D eigenvalue weighted by atomic mass is 9.76. The van der Waals surface area contributed by atoms with Crippen molar-refractivity contribution in [3.8, 4) is 5.75 Å². The first-order valence-electron chi connectivity index (χ1n) is 9.12. The molecule has 0 unspecified atom stereocenters. The van der Waals surface area contributed by atoms with Crippen molar-refractivity contribution >= 4 is 17.1 Å². The number of rotatable bonds is 5. The number of anilines is 1. The summed E-state index contributed by atoms with van der Waals surface area (Å²) in [6.45, 7) is 2.27. The Bertz CT molecular complexity index is 971. The maximum atomic E-state index is 11.7. The lowest BCUT2D eigenvalue weighted by Crippen LogP contribution is -2.29. The van der Waals surface area contributed by atoms with E-state index < -0.39 is 9.85 Å². The molecule has 2 aliphatic rings. The van der Waals surface area contributed by atoms with Crippen LogP contribution in [0.3, 0.4) is 0 Å². The van der Waals surface area contributed by atoms with Crippen LogP contribution >= 0.6 is 0 Å². The number of hydrogen-bond acceptors (Lipinski definition) is 6. The Balaban J connectivity index is 1.79. The van der Waals surface area contributed by atoms with Crippen LogP contribution in [0, 0.1) is 26.1 Å². The van der Waals surface area contributed by atoms with Crippen molar-refractivity contribution in [2.75, 3.05) is 11.9 Å². The van der Waals surface area contributed by atoms with Crippen LogP contribution in [0.15, 0.2) is 48.6 Å². The maximum Gasteiger partial charge on any atom is 0.296 e. The third-order valence-electron chi connectivity index (χ3n) is 5.39. The van der Waals surface area contributed by atoms with Gasteiger partial charge in [0.15, 0.2) is 0 Å². The minimum Gasteiger partial charge on any atom is -0.494 e. The second kappa shape index (κ2) is 6.95. The molecular formula is C20H19N3O5. The van der Waals surface area contributed by atoms with E-state index >= 15 is 0 Å². The zero-order valence-electron chi connectivity index (χ0n) is 15.2. The molecule has 0 spiro atoms. The molecule has 8 nitrogen and oxygen atoms in total. The van der Waals surface area contributed by atoms with E-state index in [1.54, 1.807) is 12.1 Å². The lowest BCUT2D eigenvalue weighted by molar-refractivity contribution is -0.384. The third-order valence-corrected chi connectivity index (χ3v) is 5.39. The number of nitrogens with zero attached hydrogens (tertiary/aromatic N) is 2. The average Bonchev–Trinajstić information content (AvgIpc) is 3.17. The van der Waals surface area contributed by atoms with Gasteiger partial charge in [-0.1, -0.05) is 24.3 Å². The number of benzene rings is 2. The van der Waals surface area contributed by atoms with Crippen LogP contribution in [0.1, 0.15) is 36.4 Å². The largest absolute Gasteiger partial charge is 0.494 e. The van der Waals surface area contributed by atoms with Gasteiger partial charge in [0.2, 0.25) is 0 Å². The number of nitrogens with one attached hydrogen (secondary N) is 1. The molecule has 8 heteroatoms. The molecule has 1 N–H and O–H groups in total. The number of allylic oxidation sites excluding steroid dienone is 2. The van der Waals surface area contributed by atoms with E-state index in [1.807, 2.05) is 13.0 Å². The van der Waals surface area contributed by atoms with Gasteiger partial charge in [0.25, 0.3) is 11.4 Å². The SMILES string of the molecule is CCOc1cc2c(c([N+](=O)[O-])c1)N[C@H](c1ccc([N+](=O)[O-])cc1)[C@H]1CC=C[C@@H]21. The Morgan fingerprint density at radius 2 is 1.89 bits per heavy atom. The van der Waals surface area contributed by atoms with Crippen molar-refractivity contribution in [3.63, 3.8) is 0 Å². The fraction of sp³-hybridized carbons (Fsp3) is 0.300. The molecule has 1 aliphatic carbocycles. The maximum absolute atomic E-state index is 11.7. The molecule has 0 saturated heterocycles. The second-order valence-corrected chi connectivity index (χ2v) is 6.92. The quantitative estimate of drug-likeness (QED) is 0.456. The fourth-order valence-corrected chi connectivity index (χ4v) is 4.18. The van der Waals surface area contributed by atoms with Gasteiger partial charge in [-0.25, -0.2) is 0 Å². The minimum atomic E-state index is -0.437. The first-order chi connectivity index (χ1) is 13.5. The van der Waals surface area contributed by atoms with Crippen molar-refractivity contribution in [1.29, 1.82) is 0 Å². The smallest absolute Gasteiger partial charge is 0.296 e. The van der Waals surface area contributed by atoms with E-state index in [0.717, 1.165) is 17.5 Å². The molecule has 0 aromatic heterocycles. The summed E-state index contributed by atoms with van der Waals surface area (Å²) in [5.41, 5.74) is 2.22. The number of hydrogen-bond donors (Lipinski definition) is 1. The van der Waals surface area contributed by atoms with Gasteiger partial charge in [0.1, 0.15) is 11.4 Å². The van der Waals surface area contributed by atoms with E-state index in [4.69, 9.17) is 4.74 Å². The van der Waals surface area contributed by atoms with E-state index in [1.165, 1.54) is 18.2 Å². The van der Waals surface area contributed by atoms with Crippen LogP contribution in [-0.2, 0) is 0 Å². The molecule has 2 aromatic rings. The Labute approximate surface area is 161 Å². The number of ether oxygens (including phenoxy) is 1. The predicted molar refractivity (Wildman–Crippen MR) is 104 cm³/mol. The summed E-state index contributed by atoms with van der Waals surface area (Å²) in [6, 6.07) is 9.52. The van der Waals surface area contributed by atoms with Gasteiger partial charge in [-0.2, -0.15) is 0 Å². The van der Waals surface area contributed by atoms with Gasteiger partial charge in [0, 0.05) is 18.1 Å². The zero-order chi connectivity index (χ0) is 19.8. The third kappa shape index (κ3) is 2.96. The first kappa shape index (κ1) is 18.0. The van der Waals surface area contributed by atoms with Crippen LogP contribution in [0.2, 0.25) is 0 Å². The van der Waals surface area contributed by atoms with Crippen molar-refractivity contribution < 1.29 is 14.6 Å². The molecule has 0 bridgehead atoms. The molecule has 144 valence electrons. The van der Waals surface area contributed by atoms with E-state index in [-0.39, 0.29) is 29.3 Å². The molecule has 1 heterocycles. The molecule has 0 saturated carbocycles. The van der Waals surface area contributed by atoms with Gasteiger partial charge in [0.05, 0.1) is 28.6 Å². The molecule has 0 fully saturated rings. The highest BCUT2D eigenvalue weighted by Crippen LogP contribution is 2.53. The molecule has 2 aromatic carbocycles. The van der Waals surface area contributed by atoms with Gasteiger partial charge < -0.3 is 10.1 Å². The lowest BCUT2D eigenvalue weighted by Gasteiger charge is -2.37. The van der Waals surface area contributed by atoms with Crippen LogP contribution in [0.5, 0.6) is 5.75 Å². The van der Waals surface area contributed by atoms with Crippen LogP contribution in [0.4, 0.5) is 17.1 Å². The second-order valence-electron chi connectivity index (χ2n) is 6.92.